The molecule has 1 aliphatic heterocycles. The largest absolute Gasteiger partial charge is 0.289 e. The van der Waals surface area contributed by atoms with Gasteiger partial charge in [0, 0.05) is 0 Å². The molecular weight excluding hydrogens is 140 g/mol. The topological polar surface area (TPSA) is 43.4 Å². The van der Waals surface area contributed by atoms with Crippen molar-refractivity contribution in [2.75, 3.05) is 6.61 Å². The smallest absolute Gasteiger partial charge is 0.266 e. The van der Waals surface area contributed by atoms with E-state index < -0.39 is 10.1 Å². The van der Waals surface area contributed by atoms with Crippen LogP contribution in [0.2, 0.25) is 0 Å². The van der Waals surface area contributed by atoms with E-state index >= 15 is 0 Å². The van der Waals surface area contributed by atoms with Crippen LogP contribution in [0.4, 0.5) is 0 Å². The fourth-order valence-corrected chi connectivity index (χ4v) is 1.47. The van der Waals surface area contributed by atoms with Crippen LogP contribution in [-0.2, 0) is 14.3 Å². The number of rotatable bonds is 0. The quantitative estimate of drug-likeness (QED) is 0.470. The fourth-order valence-electron chi connectivity index (χ4n) is 0.527. The highest BCUT2D eigenvalue weighted by Gasteiger charge is 2.13. The first-order valence-corrected chi connectivity index (χ1v) is 4.15. The lowest BCUT2D eigenvalue weighted by Crippen LogP contribution is -2.13. The summed E-state index contributed by atoms with van der Waals surface area (Å²) < 4.78 is 25.4. The minimum absolute atomic E-state index is 0.216. The van der Waals surface area contributed by atoms with Gasteiger partial charge in [-0.3, -0.25) is 4.18 Å². The standard InChI is InChI=1S/C5H8O3S/c1-5-2-3-9(6,7)8-4-5/h2-3,5H,4H2,1H3. The molecule has 9 heavy (non-hydrogen) atoms. The molecule has 0 aromatic rings. The first-order chi connectivity index (χ1) is 4.10. The van der Waals surface area contributed by atoms with Crippen LogP contribution in [0.15, 0.2) is 11.5 Å². The molecule has 0 amide bonds. The SMILES string of the molecule is CC1C=CS(=O)(=O)OC1. The maximum absolute atomic E-state index is 10.5. The molecular formula is C5H8O3S. The van der Waals surface area contributed by atoms with Gasteiger partial charge in [-0.15, -0.1) is 0 Å². The van der Waals surface area contributed by atoms with Crippen molar-refractivity contribution < 1.29 is 12.6 Å². The Balaban J connectivity index is 2.82. The molecule has 1 unspecified atom stereocenters. The molecule has 0 saturated carbocycles. The van der Waals surface area contributed by atoms with Crippen molar-refractivity contribution in [3.63, 3.8) is 0 Å². The Morgan fingerprint density at radius 2 is 2.33 bits per heavy atom. The zero-order valence-corrected chi connectivity index (χ0v) is 5.89. The Bertz CT molecular complexity index is 214. The molecule has 0 fully saturated rings. The monoisotopic (exact) mass is 148 g/mol. The minimum Gasteiger partial charge on any atom is -0.266 e. The van der Waals surface area contributed by atoms with Crippen LogP contribution in [0.1, 0.15) is 6.92 Å². The van der Waals surface area contributed by atoms with Crippen molar-refractivity contribution in [3.8, 4) is 0 Å². The van der Waals surface area contributed by atoms with Gasteiger partial charge in [0.15, 0.2) is 0 Å². The van der Waals surface area contributed by atoms with Gasteiger partial charge < -0.3 is 0 Å². The van der Waals surface area contributed by atoms with Crippen LogP contribution >= 0.6 is 0 Å². The molecule has 0 aromatic carbocycles. The van der Waals surface area contributed by atoms with Crippen LogP contribution in [0.5, 0.6) is 0 Å². The molecule has 1 heterocycles. The normalized spacial score (nSPS) is 32.3. The van der Waals surface area contributed by atoms with Crippen molar-refractivity contribution in [3.05, 3.63) is 11.5 Å². The van der Waals surface area contributed by atoms with Crippen molar-refractivity contribution in [2.45, 2.75) is 6.92 Å². The van der Waals surface area contributed by atoms with Crippen molar-refractivity contribution in [1.29, 1.82) is 0 Å². The van der Waals surface area contributed by atoms with E-state index in [2.05, 4.69) is 4.18 Å². The third-order valence-electron chi connectivity index (χ3n) is 1.07. The van der Waals surface area contributed by atoms with E-state index in [4.69, 9.17) is 0 Å². The van der Waals surface area contributed by atoms with Crippen LogP contribution < -0.4 is 0 Å². The molecule has 0 saturated heterocycles. The second-order valence-electron chi connectivity index (χ2n) is 2.08. The van der Waals surface area contributed by atoms with Gasteiger partial charge in [0.1, 0.15) is 0 Å². The van der Waals surface area contributed by atoms with E-state index in [0.29, 0.717) is 0 Å². The fraction of sp³-hybridized carbons (Fsp3) is 0.600. The van der Waals surface area contributed by atoms with Crippen LogP contribution in [0, 0.1) is 5.92 Å². The van der Waals surface area contributed by atoms with Gasteiger partial charge in [-0.2, -0.15) is 8.42 Å². The zero-order valence-electron chi connectivity index (χ0n) is 5.07. The molecule has 1 rings (SSSR count). The third kappa shape index (κ3) is 1.80. The number of hydrogen-bond donors (Lipinski definition) is 0. The predicted octanol–water partition coefficient (Wildman–Crippen LogP) is 0.496. The van der Waals surface area contributed by atoms with E-state index in [0.717, 1.165) is 5.41 Å². The van der Waals surface area contributed by atoms with E-state index in [9.17, 15) is 8.42 Å². The van der Waals surface area contributed by atoms with Gasteiger partial charge >= 0.3 is 0 Å². The Labute approximate surface area is 54.5 Å². The second kappa shape index (κ2) is 2.11. The molecule has 0 N–H and O–H groups in total. The van der Waals surface area contributed by atoms with Gasteiger partial charge in [0.2, 0.25) is 0 Å². The summed E-state index contributed by atoms with van der Waals surface area (Å²) in [4.78, 5) is 0. The average molecular weight is 148 g/mol. The lowest BCUT2D eigenvalue weighted by atomic mass is 10.2. The second-order valence-corrected chi connectivity index (χ2v) is 3.58. The Kier molecular flexibility index (Phi) is 1.59. The average Bonchev–Trinajstić information content (AvgIpc) is 1.78. The van der Waals surface area contributed by atoms with Gasteiger partial charge in [-0.25, -0.2) is 0 Å². The van der Waals surface area contributed by atoms with E-state index in [1.165, 1.54) is 0 Å². The summed E-state index contributed by atoms with van der Waals surface area (Å²) in [5, 5.41) is 1.10. The molecule has 52 valence electrons. The summed E-state index contributed by atoms with van der Waals surface area (Å²) in [7, 11) is -3.30. The lowest BCUT2D eigenvalue weighted by Gasteiger charge is -2.10. The van der Waals surface area contributed by atoms with Gasteiger partial charge in [0.05, 0.1) is 12.0 Å². The molecule has 0 radical (unpaired) electrons. The predicted molar refractivity (Wildman–Crippen MR) is 33.2 cm³/mol. The molecule has 3 nitrogen and oxygen atoms in total. The summed E-state index contributed by atoms with van der Waals surface area (Å²) in [6, 6.07) is 0. The summed E-state index contributed by atoms with van der Waals surface area (Å²) in [5.41, 5.74) is 0. The third-order valence-corrected chi connectivity index (χ3v) is 2.02. The van der Waals surface area contributed by atoms with E-state index in [1.807, 2.05) is 6.92 Å². The van der Waals surface area contributed by atoms with Crippen molar-refractivity contribution >= 4 is 10.1 Å². The van der Waals surface area contributed by atoms with Crippen molar-refractivity contribution in [1.82, 2.24) is 0 Å². The first-order valence-electron chi connectivity index (χ1n) is 2.68. The molecule has 1 atom stereocenters. The van der Waals surface area contributed by atoms with E-state index in [1.54, 1.807) is 6.08 Å². The molecule has 1 aliphatic rings. The van der Waals surface area contributed by atoms with Crippen LogP contribution in [-0.4, -0.2) is 15.0 Å². The van der Waals surface area contributed by atoms with Gasteiger partial charge in [-0.1, -0.05) is 13.0 Å². The molecule has 4 heteroatoms. The summed E-state index contributed by atoms with van der Waals surface area (Å²) >= 11 is 0. The lowest BCUT2D eigenvalue weighted by molar-refractivity contribution is 0.286. The zero-order chi connectivity index (χ0) is 6.91. The minimum atomic E-state index is -3.30. The first kappa shape index (κ1) is 6.77. The Hall–Kier alpha value is -0.350. The van der Waals surface area contributed by atoms with E-state index in [-0.39, 0.29) is 12.5 Å². The molecule has 0 aliphatic carbocycles. The summed E-state index contributed by atoms with van der Waals surface area (Å²) in [6.07, 6.45) is 1.62. The highest BCUT2D eigenvalue weighted by Crippen LogP contribution is 2.10. The Morgan fingerprint density at radius 3 is 2.67 bits per heavy atom. The van der Waals surface area contributed by atoms with Crippen LogP contribution in [0.25, 0.3) is 0 Å². The molecule has 0 bridgehead atoms. The maximum atomic E-state index is 10.5. The van der Waals surface area contributed by atoms with Gasteiger partial charge in [0.25, 0.3) is 10.1 Å². The van der Waals surface area contributed by atoms with Gasteiger partial charge in [-0.05, 0) is 5.92 Å². The highest BCUT2D eigenvalue weighted by molar-refractivity contribution is 7.89. The summed E-state index contributed by atoms with van der Waals surface area (Å²) in [6.45, 7) is 2.17. The number of hydrogen-bond acceptors (Lipinski definition) is 3. The summed E-state index contributed by atoms with van der Waals surface area (Å²) in [5.74, 6) is 0.216. The molecule has 0 aromatic heterocycles. The molecule has 0 spiro atoms. The Morgan fingerprint density at radius 1 is 1.67 bits per heavy atom. The maximum Gasteiger partial charge on any atom is 0.289 e. The highest BCUT2D eigenvalue weighted by atomic mass is 32.2. The van der Waals surface area contributed by atoms with Crippen molar-refractivity contribution in [2.24, 2.45) is 5.92 Å². The van der Waals surface area contributed by atoms with Crippen LogP contribution in [0.3, 0.4) is 0 Å².